The molecule has 6 heteroatoms. The van der Waals surface area contributed by atoms with E-state index in [1.165, 1.54) is 15.7 Å². The summed E-state index contributed by atoms with van der Waals surface area (Å²) < 4.78 is 1.36. The molecular formula is C7H5N3O2S. The molecule has 0 aliphatic carbocycles. The molecule has 66 valence electrons. The lowest BCUT2D eigenvalue weighted by molar-refractivity contribution is 0.0995. The van der Waals surface area contributed by atoms with E-state index in [0.717, 1.165) is 6.07 Å². The number of primary amides is 1. The highest BCUT2D eigenvalue weighted by atomic mass is 32.1. The van der Waals surface area contributed by atoms with Gasteiger partial charge in [-0.15, -0.1) is 11.3 Å². The molecule has 0 spiro atoms. The summed E-state index contributed by atoms with van der Waals surface area (Å²) in [6.45, 7) is 0. The van der Waals surface area contributed by atoms with Gasteiger partial charge < -0.3 is 5.73 Å². The van der Waals surface area contributed by atoms with Crippen molar-refractivity contribution in [2.75, 3.05) is 0 Å². The Labute approximate surface area is 76.4 Å². The van der Waals surface area contributed by atoms with Gasteiger partial charge in [0.2, 0.25) is 0 Å². The van der Waals surface area contributed by atoms with Gasteiger partial charge in [-0.25, -0.2) is 4.98 Å². The van der Waals surface area contributed by atoms with Crippen LogP contribution >= 0.6 is 11.3 Å². The smallest absolute Gasteiger partial charge is 0.267 e. The maximum Gasteiger partial charge on any atom is 0.267 e. The Balaban J connectivity index is 2.85. The molecule has 2 aromatic heterocycles. The first-order valence-electron chi connectivity index (χ1n) is 3.45. The van der Waals surface area contributed by atoms with Crippen molar-refractivity contribution < 1.29 is 4.79 Å². The summed E-state index contributed by atoms with van der Waals surface area (Å²) in [4.78, 5) is 26.4. The van der Waals surface area contributed by atoms with Crippen molar-refractivity contribution in [3.63, 3.8) is 0 Å². The van der Waals surface area contributed by atoms with E-state index in [9.17, 15) is 9.59 Å². The molecule has 2 heterocycles. The van der Waals surface area contributed by atoms with Crippen molar-refractivity contribution >= 4 is 22.2 Å². The fraction of sp³-hybridized carbons (Fsp3) is 0. The van der Waals surface area contributed by atoms with Crippen molar-refractivity contribution in [1.29, 1.82) is 0 Å². The van der Waals surface area contributed by atoms with E-state index >= 15 is 0 Å². The number of nitrogens with zero attached hydrogens (tertiary/aromatic N) is 2. The van der Waals surface area contributed by atoms with Crippen LogP contribution in [0.25, 0.3) is 4.96 Å². The summed E-state index contributed by atoms with van der Waals surface area (Å²) in [5, 5.41) is 1.72. The highest BCUT2D eigenvalue weighted by Gasteiger charge is 2.06. The number of rotatable bonds is 1. The second kappa shape index (κ2) is 2.67. The molecule has 0 atom stereocenters. The predicted octanol–water partition coefficient (Wildman–Crippen LogP) is -0.145. The van der Waals surface area contributed by atoms with Gasteiger partial charge in [0.05, 0.1) is 0 Å². The molecule has 2 aromatic rings. The second-order valence-corrected chi connectivity index (χ2v) is 3.27. The molecule has 5 nitrogen and oxygen atoms in total. The van der Waals surface area contributed by atoms with Crippen molar-refractivity contribution in [2.45, 2.75) is 0 Å². The predicted molar refractivity (Wildman–Crippen MR) is 47.9 cm³/mol. The van der Waals surface area contributed by atoms with E-state index in [1.54, 1.807) is 11.6 Å². The number of carbonyl (C=O) groups excluding carboxylic acids is 1. The molecule has 0 unspecified atom stereocenters. The van der Waals surface area contributed by atoms with E-state index in [-0.39, 0.29) is 11.3 Å². The summed E-state index contributed by atoms with van der Waals surface area (Å²) in [6, 6.07) is 1.13. The van der Waals surface area contributed by atoms with E-state index in [4.69, 9.17) is 5.73 Å². The quantitative estimate of drug-likeness (QED) is 0.687. The molecule has 0 bridgehead atoms. The van der Waals surface area contributed by atoms with E-state index < -0.39 is 5.91 Å². The Bertz CT molecular complexity index is 528. The molecule has 2 N–H and O–H groups in total. The number of thiazole rings is 1. The van der Waals surface area contributed by atoms with Crippen molar-refractivity contribution in [2.24, 2.45) is 5.73 Å². The van der Waals surface area contributed by atoms with Crippen molar-refractivity contribution in [1.82, 2.24) is 9.38 Å². The molecule has 0 fully saturated rings. The number of carbonyl (C=O) groups is 1. The highest BCUT2D eigenvalue weighted by Crippen LogP contribution is 2.05. The largest absolute Gasteiger partial charge is 0.364 e. The Hall–Kier alpha value is -1.69. The van der Waals surface area contributed by atoms with Crippen LogP contribution in [0.15, 0.2) is 22.4 Å². The minimum Gasteiger partial charge on any atom is -0.364 e. The van der Waals surface area contributed by atoms with Gasteiger partial charge in [-0.1, -0.05) is 0 Å². The zero-order chi connectivity index (χ0) is 9.42. The van der Waals surface area contributed by atoms with Crippen molar-refractivity contribution in [3.8, 4) is 0 Å². The van der Waals surface area contributed by atoms with Gasteiger partial charge in [-0.2, -0.15) is 0 Å². The first kappa shape index (κ1) is 7.93. The van der Waals surface area contributed by atoms with Crippen LogP contribution < -0.4 is 11.3 Å². The van der Waals surface area contributed by atoms with Gasteiger partial charge >= 0.3 is 0 Å². The SMILES string of the molecule is NC(=O)c1cc(=O)n2ccsc2n1. The summed E-state index contributed by atoms with van der Waals surface area (Å²) in [6.07, 6.45) is 1.60. The molecular weight excluding hydrogens is 190 g/mol. The maximum absolute atomic E-state index is 11.3. The number of hydrogen-bond acceptors (Lipinski definition) is 4. The van der Waals surface area contributed by atoms with Crippen LogP contribution in [0.1, 0.15) is 10.5 Å². The molecule has 0 saturated carbocycles. The zero-order valence-corrected chi connectivity index (χ0v) is 7.25. The van der Waals surface area contributed by atoms with Crippen LogP contribution in [0.5, 0.6) is 0 Å². The Morgan fingerprint density at radius 1 is 1.62 bits per heavy atom. The maximum atomic E-state index is 11.3. The number of nitrogens with two attached hydrogens (primary N) is 1. The lowest BCUT2D eigenvalue weighted by atomic mass is 10.4. The van der Waals surface area contributed by atoms with Crippen LogP contribution in [0.4, 0.5) is 0 Å². The monoisotopic (exact) mass is 195 g/mol. The Kier molecular flexibility index (Phi) is 1.63. The molecule has 13 heavy (non-hydrogen) atoms. The molecule has 0 aliphatic rings. The third kappa shape index (κ3) is 1.20. The Morgan fingerprint density at radius 2 is 2.38 bits per heavy atom. The topological polar surface area (TPSA) is 77.5 Å². The molecule has 0 radical (unpaired) electrons. The third-order valence-corrected chi connectivity index (χ3v) is 2.31. The van der Waals surface area contributed by atoms with Crippen molar-refractivity contribution in [3.05, 3.63) is 33.7 Å². The average molecular weight is 195 g/mol. The molecule has 0 aromatic carbocycles. The average Bonchev–Trinajstić information content (AvgIpc) is 2.51. The number of aromatic nitrogens is 2. The van der Waals surface area contributed by atoms with Crippen LogP contribution in [0.3, 0.4) is 0 Å². The second-order valence-electron chi connectivity index (χ2n) is 2.40. The lowest BCUT2D eigenvalue weighted by Crippen LogP contribution is -2.20. The van der Waals surface area contributed by atoms with Gasteiger partial charge in [-0.3, -0.25) is 14.0 Å². The first-order chi connectivity index (χ1) is 6.18. The van der Waals surface area contributed by atoms with Crippen LogP contribution in [0.2, 0.25) is 0 Å². The summed E-state index contributed by atoms with van der Waals surface area (Å²) in [7, 11) is 0. The van der Waals surface area contributed by atoms with E-state index in [1.807, 2.05) is 0 Å². The molecule has 0 saturated heterocycles. The summed E-state index contributed by atoms with van der Waals surface area (Å²) in [5.74, 6) is -0.687. The first-order valence-corrected chi connectivity index (χ1v) is 4.33. The van der Waals surface area contributed by atoms with Crippen LogP contribution in [-0.4, -0.2) is 15.3 Å². The minimum absolute atomic E-state index is 0.00690. The van der Waals surface area contributed by atoms with Gasteiger partial charge in [0, 0.05) is 17.6 Å². The lowest BCUT2D eigenvalue weighted by Gasteiger charge is -1.94. The third-order valence-electron chi connectivity index (χ3n) is 1.56. The normalized spacial score (nSPS) is 10.5. The molecule has 2 rings (SSSR count). The zero-order valence-electron chi connectivity index (χ0n) is 6.43. The number of hydrogen-bond donors (Lipinski definition) is 1. The number of fused-ring (bicyclic) bond motifs is 1. The van der Waals surface area contributed by atoms with Crippen LogP contribution in [0, 0.1) is 0 Å². The van der Waals surface area contributed by atoms with E-state index in [2.05, 4.69) is 4.98 Å². The van der Waals surface area contributed by atoms with Gasteiger partial charge in [0.25, 0.3) is 11.5 Å². The Morgan fingerprint density at radius 3 is 3.08 bits per heavy atom. The standard InChI is InChI=1S/C7H5N3O2S/c8-6(12)4-3-5(11)10-1-2-13-7(10)9-4/h1-3H,(H2,8,12). The minimum atomic E-state index is -0.687. The molecule has 1 amide bonds. The van der Waals surface area contributed by atoms with Gasteiger partial charge in [-0.05, 0) is 0 Å². The fourth-order valence-corrected chi connectivity index (χ4v) is 1.69. The molecule has 0 aliphatic heterocycles. The fourth-order valence-electron chi connectivity index (χ4n) is 0.969. The van der Waals surface area contributed by atoms with E-state index in [0.29, 0.717) is 4.96 Å². The van der Waals surface area contributed by atoms with Crippen LogP contribution in [-0.2, 0) is 0 Å². The highest BCUT2D eigenvalue weighted by molar-refractivity contribution is 7.15. The van der Waals surface area contributed by atoms with Gasteiger partial charge in [0.15, 0.2) is 4.96 Å². The summed E-state index contributed by atoms with van der Waals surface area (Å²) >= 11 is 1.28. The van der Waals surface area contributed by atoms with Gasteiger partial charge in [0.1, 0.15) is 5.69 Å². The number of amides is 1. The summed E-state index contributed by atoms with van der Waals surface area (Å²) in [5.41, 5.74) is 4.71.